The number of imidazole rings is 1. The van der Waals surface area contributed by atoms with Crippen molar-refractivity contribution in [3.8, 4) is 11.3 Å². The summed E-state index contributed by atoms with van der Waals surface area (Å²) in [6, 6.07) is 19.6. The molecule has 2 aliphatic carbocycles. The highest BCUT2D eigenvalue weighted by Crippen LogP contribution is 2.52. The van der Waals surface area contributed by atoms with Crippen molar-refractivity contribution in [1.29, 1.82) is 0 Å². The molecule has 5 aliphatic heterocycles. The lowest BCUT2D eigenvalue weighted by Crippen LogP contribution is -2.58. The molecule has 2 atom stereocenters. The largest absolute Gasteiger partial charge is 0.357 e. The van der Waals surface area contributed by atoms with Gasteiger partial charge in [0.05, 0.1) is 40.5 Å². The molecule has 1 unspecified atom stereocenters. The number of amides is 5. The zero-order chi connectivity index (χ0) is 52.4. The van der Waals surface area contributed by atoms with Crippen LogP contribution in [0.2, 0.25) is 0 Å². The molecule has 0 radical (unpaired) electrons. The molecule has 16 nitrogen and oxygen atoms in total. The van der Waals surface area contributed by atoms with Crippen molar-refractivity contribution >= 4 is 63.6 Å². The van der Waals surface area contributed by atoms with E-state index in [1.807, 2.05) is 39.6 Å². The average Bonchev–Trinajstić information content (AvgIpc) is 4.20. The lowest BCUT2D eigenvalue weighted by molar-refractivity contribution is -0.140. The SMILES string of the molecule is CC(C)n1cnc2cc(-c3ccc4c(c3)N([C@H]3C[C@@H](N5CCCCC5)C3)C(=O)C43CCN(C(=O)[C@@H]4CCN(C(=O)[C@H]5CC[C@H](N(C)c6ccc(C7CCC(=O)NC7=O)cn6)CC5)C4)CC3)nc(Nc3ccccc3F)c21. The van der Waals surface area contributed by atoms with Crippen molar-refractivity contribution < 1.29 is 28.4 Å². The van der Waals surface area contributed by atoms with Crippen LogP contribution < -0.4 is 20.4 Å². The van der Waals surface area contributed by atoms with Crippen molar-refractivity contribution in [2.45, 2.75) is 139 Å². The zero-order valence-corrected chi connectivity index (χ0v) is 44.1. The van der Waals surface area contributed by atoms with Crippen LogP contribution in [-0.4, -0.2) is 128 Å². The van der Waals surface area contributed by atoms with Gasteiger partial charge in [0.2, 0.25) is 29.5 Å². The van der Waals surface area contributed by atoms with Gasteiger partial charge in [-0.15, -0.1) is 0 Å². The number of carbonyl (C=O) groups excluding carboxylic acids is 5. The van der Waals surface area contributed by atoms with Crippen molar-refractivity contribution in [3.63, 3.8) is 0 Å². The van der Waals surface area contributed by atoms with Crippen LogP contribution in [-0.2, 0) is 29.4 Å². The number of hydrogen-bond acceptors (Lipinski definition) is 11. The van der Waals surface area contributed by atoms with E-state index in [-0.39, 0.29) is 71.2 Å². The van der Waals surface area contributed by atoms with Crippen molar-refractivity contribution in [2.24, 2.45) is 11.8 Å². The van der Waals surface area contributed by atoms with Crippen molar-refractivity contribution in [3.05, 3.63) is 90.1 Å². The lowest BCUT2D eigenvalue weighted by atomic mass is 9.73. The van der Waals surface area contributed by atoms with E-state index in [9.17, 15) is 19.2 Å². The Kier molecular flexibility index (Phi) is 13.4. The van der Waals surface area contributed by atoms with E-state index in [0.29, 0.717) is 81.5 Å². The maximum atomic E-state index is 15.3. The molecule has 6 fully saturated rings. The number of hydrogen-bond donors (Lipinski definition) is 2. The molecule has 5 amide bonds. The number of aromatic nitrogens is 4. The van der Waals surface area contributed by atoms with Gasteiger partial charge in [-0.3, -0.25) is 29.3 Å². The number of piperidine rings is 3. The predicted molar refractivity (Wildman–Crippen MR) is 288 cm³/mol. The van der Waals surface area contributed by atoms with Crippen LogP contribution in [0.4, 0.5) is 27.4 Å². The molecule has 4 saturated heterocycles. The summed E-state index contributed by atoms with van der Waals surface area (Å²) < 4.78 is 17.2. The topological polar surface area (TPSA) is 169 Å². The number of carbonyl (C=O) groups is 5. The molecule has 8 heterocycles. The Balaban J connectivity index is 0.718. The van der Waals surface area contributed by atoms with Crippen LogP contribution in [0, 0.1) is 17.7 Å². The maximum absolute atomic E-state index is 15.3. The number of fused-ring (bicyclic) bond motifs is 3. The van der Waals surface area contributed by atoms with Gasteiger partial charge in [-0.2, -0.15) is 0 Å². The molecule has 12 rings (SSSR count). The minimum atomic E-state index is -0.758. The number of nitrogens with zero attached hydrogens (tertiary/aromatic N) is 9. The fraction of sp³-hybridized carbons (Fsp3) is 0.525. The number of rotatable bonds is 11. The molecule has 76 heavy (non-hydrogen) atoms. The summed E-state index contributed by atoms with van der Waals surface area (Å²) in [6.07, 6.45) is 14.9. The summed E-state index contributed by atoms with van der Waals surface area (Å²) in [7, 11) is 2.03. The minimum absolute atomic E-state index is 0.0730. The van der Waals surface area contributed by atoms with Gasteiger partial charge < -0.3 is 34.4 Å². The second kappa shape index (κ2) is 20.3. The molecule has 2 saturated carbocycles. The summed E-state index contributed by atoms with van der Waals surface area (Å²) in [4.78, 5) is 93.2. The molecule has 5 aromatic rings. The van der Waals surface area contributed by atoms with E-state index in [1.165, 1.54) is 25.3 Å². The van der Waals surface area contributed by atoms with Gasteiger partial charge in [-0.25, -0.2) is 19.3 Å². The second-order valence-corrected chi connectivity index (χ2v) is 23.1. The standard InChI is InChI=1S/C59H70FN11O5/c1-36(2)70-35-62-49-32-48(64-54(53(49)70)63-47-10-6-5-9-46(47)60)38-13-18-45-50(29-38)71(43-30-42(31-43)67-24-7-4-8-25-67)58(76)59(45)22-27-68(28-23-59)57(75)40-21-26-69(34-40)56(74)37-11-15-41(16-12-37)66(3)51-19-14-39(33-61-51)44-17-20-52(72)65-55(44)73/h5-6,9-10,13-14,18-19,29,32-33,35-37,40-44H,4,7-8,11-12,15-17,20-28,30-31,34H2,1-3H3,(H,63,64)(H,65,72,73)/t37-,40-,41-,42-,43+,44?/m1/s1. The molecule has 17 heteroatoms. The van der Waals surface area contributed by atoms with E-state index in [4.69, 9.17) is 9.97 Å². The third kappa shape index (κ3) is 9.08. The fourth-order valence-electron chi connectivity index (χ4n) is 13.8. The van der Waals surface area contributed by atoms with Crippen LogP contribution in [0.25, 0.3) is 22.3 Å². The van der Waals surface area contributed by atoms with Crippen molar-refractivity contribution in [1.82, 2.24) is 39.5 Å². The van der Waals surface area contributed by atoms with E-state index >= 15 is 9.18 Å². The maximum Gasteiger partial charge on any atom is 0.238 e. The first-order valence-corrected chi connectivity index (χ1v) is 28.1. The molecule has 398 valence electrons. The van der Waals surface area contributed by atoms with Gasteiger partial charge in [0.25, 0.3) is 0 Å². The van der Waals surface area contributed by atoms with E-state index < -0.39 is 5.41 Å². The summed E-state index contributed by atoms with van der Waals surface area (Å²) >= 11 is 0. The van der Waals surface area contributed by atoms with E-state index in [2.05, 4.69) is 62.4 Å². The summed E-state index contributed by atoms with van der Waals surface area (Å²) in [5, 5.41) is 5.71. The lowest BCUT2D eigenvalue weighted by Gasteiger charge is -2.48. The highest BCUT2D eigenvalue weighted by molar-refractivity contribution is 6.09. The van der Waals surface area contributed by atoms with Crippen LogP contribution in [0.15, 0.2) is 73.2 Å². The van der Waals surface area contributed by atoms with Gasteiger partial charge in [-0.05, 0) is 145 Å². The number of halogens is 1. The van der Waals surface area contributed by atoms with Crippen molar-refractivity contribution in [2.75, 3.05) is 61.4 Å². The van der Waals surface area contributed by atoms with Crippen LogP contribution in [0.5, 0.6) is 0 Å². The van der Waals surface area contributed by atoms with Gasteiger partial charge in [0.1, 0.15) is 17.2 Å². The van der Waals surface area contributed by atoms with E-state index in [0.717, 1.165) is 90.8 Å². The Bertz CT molecular complexity index is 3060. The first kappa shape index (κ1) is 50.1. The first-order valence-electron chi connectivity index (χ1n) is 28.1. The fourth-order valence-corrected chi connectivity index (χ4v) is 13.8. The molecule has 3 aromatic heterocycles. The summed E-state index contributed by atoms with van der Waals surface area (Å²) in [5.74, 6) is 0.0551. The molecule has 1 spiro atoms. The second-order valence-electron chi connectivity index (χ2n) is 23.1. The Hall–Kier alpha value is -6.75. The number of para-hydroxylation sites is 1. The van der Waals surface area contributed by atoms with Gasteiger partial charge in [-0.1, -0.05) is 36.8 Å². The number of nitrogens with one attached hydrogen (secondary N) is 2. The summed E-state index contributed by atoms with van der Waals surface area (Å²) in [5.41, 5.74) is 5.34. The molecule has 2 aromatic carbocycles. The zero-order valence-electron chi connectivity index (χ0n) is 44.1. The highest BCUT2D eigenvalue weighted by Gasteiger charge is 2.56. The quantitative estimate of drug-likeness (QED) is 0.122. The molecule has 7 aliphatic rings. The summed E-state index contributed by atoms with van der Waals surface area (Å²) in [6.45, 7) is 8.33. The molecular formula is C59H70FN11O5. The van der Waals surface area contributed by atoms with Crippen LogP contribution in [0.3, 0.4) is 0 Å². The third-order valence-corrected chi connectivity index (χ3v) is 18.4. The van der Waals surface area contributed by atoms with Crippen LogP contribution in [0.1, 0.15) is 127 Å². The molecule has 0 bridgehead atoms. The monoisotopic (exact) mass is 1030 g/mol. The number of likely N-dealkylation sites (tertiary alicyclic amines) is 3. The minimum Gasteiger partial charge on any atom is -0.357 e. The smallest absolute Gasteiger partial charge is 0.238 e. The Morgan fingerprint density at radius 2 is 1.58 bits per heavy atom. The Morgan fingerprint density at radius 3 is 2.30 bits per heavy atom. The normalized spacial score (nSPS) is 25.8. The first-order chi connectivity index (χ1) is 36.8. The number of imide groups is 1. The predicted octanol–water partition coefficient (Wildman–Crippen LogP) is 8.24. The Morgan fingerprint density at radius 1 is 0.816 bits per heavy atom. The Labute approximate surface area is 443 Å². The third-order valence-electron chi connectivity index (χ3n) is 18.4. The highest BCUT2D eigenvalue weighted by atomic mass is 19.1. The number of benzene rings is 2. The van der Waals surface area contributed by atoms with Gasteiger partial charge >= 0.3 is 0 Å². The molecule has 2 N–H and O–H groups in total. The molecular weight excluding hydrogens is 962 g/mol. The van der Waals surface area contributed by atoms with Gasteiger partial charge in [0.15, 0.2) is 5.82 Å². The number of anilines is 4. The average molecular weight is 1030 g/mol. The van der Waals surface area contributed by atoms with Crippen LogP contribution >= 0.6 is 0 Å². The number of pyridine rings is 2. The van der Waals surface area contributed by atoms with E-state index in [1.54, 1.807) is 30.7 Å². The van der Waals surface area contributed by atoms with Gasteiger partial charge in [0, 0.05) is 87.2 Å².